The van der Waals surface area contributed by atoms with Crippen LogP contribution in [0.15, 0.2) is 42.5 Å². The van der Waals surface area contributed by atoms with Gasteiger partial charge < -0.3 is 14.8 Å². The average Bonchev–Trinajstić information content (AvgIpc) is 3.22. The van der Waals surface area contributed by atoms with E-state index in [9.17, 15) is 13.6 Å². The molecule has 6 nitrogen and oxygen atoms in total. The van der Waals surface area contributed by atoms with Gasteiger partial charge in [0.05, 0.1) is 16.6 Å². The van der Waals surface area contributed by atoms with Crippen LogP contribution in [0.25, 0.3) is 11.0 Å². The number of nitrogens with one attached hydrogen (secondary N) is 1. The molecule has 3 aromatic rings. The van der Waals surface area contributed by atoms with Crippen LogP contribution < -0.4 is 0 Å². The molecule has 1 aliphatic rings. The second-order valence-corrected chi connectivity index (χ2v) is 6.91. The fourth-order valence-electron chi connectivity index (χ4n) is 3.39. The first-order chi connectivity index (χ1) is 13.5. The Labute approximate surface area is 159 Å². The fourth-order valence-corrected chi connectivity index (χ4v) is 3.39. The SMILES string of the molecule is O=C(O)c1ccc(CN2C[C@@H](F)[C@@H](OCc3nc4ccc(F)cc4[nH]3)C2)cc1. The number of imidazole rings is 1. The van der Waals surface area contributed by atoms with Gasteiger partial charge >= 0.3 is 5.97 Å². The number of fused-ring (bicyclic) bond motifs is 1. The van der Waals surface area contributed by atoms with Crippen molar-refractivity contribution < 1.29 is 23.4 Å². The van der Waals surface area contributed by atoms with Crippen LogP contribution in [0.4, 0.5) is 8.78 Å². The number of carboxylic acids is 1. The summed E-state index contributed by atoms with van der Waals surface area (Å²) in [7, 11) is 0. The Hall–Kier alpha value is -2.84. The highest BCUT2D eigenvalue weighted by molar-refractivity contribution is 5.87. The van der Waals surface area contributed by atoms with Crippen molar-refractivity contribution in [1.82, 2.24) is 14.9 Å². The zero-order valence-electron chi connectivity index (χ0n) is 14.9. The number of carbonyl (C=O) groups is 1. The van der Waals surface area contributed by atoms with E-state index in [1.807, 2.05) is 4.90 Å². The molecule has 0 unspecified atom stereocenters. The zero-order valence-corrected chi connectivity index (χ0v) is 14.9. The van der Waals surface area contributed by atoms with Crippen LogP contribution in [0, 0.1) is 5.82 Å². The summed E-state index contributed by atoms with van der Waals surface area (Å²) in [6.45, 7) is 1.31. The van der Waals surface area contributed by atoms with Crippen molar-refractivity contribution in [2.24, 2.45) is 0 Å². The number of aromatic amines is 1. The highest BCUT2D eigenvalue weighted by Crippen LogP contribution is 2.21. The number of H-pyrrole nitrogens is 1. The Balaban J connectivity index is 1.33. The Kier molecular flexibility index (Phi) is 5.06. The lowest BCUT2D eigenvalue weighted by Gasteiger charge is -2.15. The Morgan fingerprint density at radius 1 is 1.25 bits per heavy atom. The normalized spacial score (nSPS) is 20.1. The van der Waals surface area contributed by atoms with Gasteiger partial charge in [-0.05, 0) is 35.9 Å². The summed E-state index contributed by atoms with van der Waals surface area (Å²) in [5.41, 5.74) is 2.35. The molecule has 2 heterocycles. The average molecular weight is 387 g/mol. The van der Waals surface area contributed by atoms with Crippen molar-refractivity contribution in [3.05, 3.63) is 65.2 Å². The molecule has 0 amide bonds. The number of carboxylic acid groups (broad SMARTS) is 1. The Morgan fingerprint density at radius 3 is 2.79 bits per heavy atom. The van der Waals surface area contributed by atoms with E-state index in [-0.39, 0.29) is 24.5 Å². The van der Waals surface area contributed by atoms with E-state index in [0.29, 0.717) is 29.9 Å². The molecule has 8 heteroatoms. The van der Waals surface area contributed by atoms with Gasteiger partial charge in [-0.3, -0.25) is 4.90 Å². The molecule has 2 aromatic carbocycles. The van der Waals surface area contributed by atoms with Gasteiger partial charge in [0.1, 0.15) is 30.5 Å². The molecule has 1 saturated heterocycles. The molecule has 1 aromatic heterocycles. The van der Waals surface area contributed by atoms with Crippen molar-refractivity contribution in [2.75, 3.05) is 13.1 Å². The number of aromatic nitrogens is 2. The summed E-state index contributed by atoms with van der Waals surface area (Å²) in [6.07, 6.45) is -1.71. The highest BCUT2D eigenvalue weighted by atomic mass is 19.1. The smallest absolute Gasteiger partial charge is 0.335 e. The summed E-state index contributed by atoms with van der Waals surface area (Å²) < 4.78 is 33.3. The van der Waals surface area contributed by atoms with Gasteiger partial charge in [0, 0.05) is 19.6 Å². The number of hydrogen-bond acceptors (Lipinski definition) is 4. The number of rotatable bonds is 6. The first kappa shape index (κ1) is 18.5. The van der Waals surface area contributed by atoms with E-state index in [4.69, 9.17) is 9.84 Å². The van der Waals surface area contributed by atoms with Crippen molar-refractivity contribution in [3.63, 3.8) is 0 Å². The minimum Gasteiger partial charge on any atom is -0.478 e. The monoisotopic (exact) mass is 387 g/mol. The van der Waals surface area contributed by atoms with Crippen molar-refractivity contribution >= 4 is 17.0 Å². The first-order valence-electron chi connectivity index (χ1n) is 8.92. The van der Waals surface area contributed by atoms with Crippen LogP contribution >= 0.6 is 0 Å². The molecule has 1 fully saturated rings. The second kappa shape index (κ2) is 7.65. The van der Waals surface area contributed by atoms with E-state index in [1.54, 1.807) is 30.3 Å². The lowest BCUT2D eigenvalue weighted by atomic mass is 10.1. The Morgan fingerprint density at radius 2 is 2.04 bits per heavy atom. The van der Waals surface area contributed by atoms with Crippen LogP contribution in [0.2, 0.25) is 0 Å². The molecule has 2 atom stereocenters. The molecule has 0 saturated carbocycles. The van der Waals surface area contributed by atoms with Crippen LogP contribution in [0.3, 0.4) is 0 Å². The number of hydrogen-bond donors (Lipinski definition) is 2. The van der Waals surface area contributed by atoms with Gasteiger partial charge in [0.2, 0.25) is 0 Å². The van der Waals surface area contributed by atoms with Gasteiger partial charge in [-0.15, -0.1) is 0 Å². The summed E-state index contributed by atoms with van der Waals surface area (Å²) in [6, 6.07) is 10.8. The number of likely N-dealkylation sites (tertiary alicyclic amines) is 1. The summed E-state index contributed by atoms with van der Waals surface area (Å²) in [5, 5.41) is 8.94. The first-order valence-corrected chi connectivity index (χ1v) is 8.92. The largest absolute Gasteiger partial charge is 0.478 e. The minimum absolute atomic E-state index is 0.114. The molecular weight excluding hydrogens is 368 g/mol. The van der Waals surface area contributed by atoms with Crippen molar-refractivity contribution in [2.45, 2.75) is 25.4 Å². The fraction of sp³-hybridized carbons (Fsp3) is 0.300. The molecule has 0 radical (unpaired) electrons. The maximum Gasteiger partial charge on any atom is 0.335 e. The Bertz CT molecular complexity index is 990. The molecule has 4 rings (SSSR count). The minimum atomic E-state index is -1.12. The number of ether oxygens (including phenoxy) is 1. The van der Waals surface area contributed by atoms with Gasteiger partial charge in [0.25, 0.3) is 0 Å². The lowest BCUT2D eigenvalue weighted by molar-refractivity contribution is 0.00864. The molecule has 0 bridgehead atoms. The maximum atomic E-state index is 14.3. The standard InChI is InChI=1S/C20H19F2N3O3/c21-14-5-6-16-17(7-14)24-19(23-16)11-28-18-10-25(9-15(18)22)8-12-1-3-13(4-2-12)20(26)27/h1-7,15,18H,8-11H2,(H,23,24)(H,26,27)/t15-,18+/m1/s1. The van der Waals surface area contributed by atoms with Gasteiger partial charge in [-0.25, -0.2) is 18.6 Å². The third-order valence-electron chi connectivity index (χ3n) is 4.81. The van der Waals surface area contributed by atoms with E-state index in [2.05, 4.69) is 9.97 Å². The van der Waals surface area contributed by atoms with E-state index < -0.39 is 18.2 Å². The molecule has 0 aliphatic carbocycles. The van der Waals surface area contributed by atoms with E-state index in [1.165, 1.54) is 12.1 Å². The third-order valence-corrected chi connectivity index (χ3v) is 4.81. The van der Waals surface area contributed by atoms with Crippen molar-refractivity contribution in [3.8, 4) is 0 Å². The topological polar surface area (TPSA) is 78.4 Å². The van der Waals surface area contributed by atoms with Gasteiger partial charge in [-0.2, -0.15) is 0 Å². The van der Waals surface area contributed by atoms with E-state index >= 15 is 0 Å². The molecular formula is C20H19F2N3O3. The van der Waals surface area contributed by atoms with E-state index in [0.717, 1.165) is 5.56 Å². The van der Waals surface area contributed by atoms with Gasteiger partial charge in [-0.1, -0.05) is 12.1 Å². The predicted octanol–water partition coefficient (Wildman–Crippen LogP) is 3.14. The molecule has 146 valence electrons. The van der Waals surface area contributed by atoms with Crippen LogP contribution in [-0.4, -0.2) is 51.3 Å². The van der Waals surface area contributed by atoms with Crippen LogP contribution in [0.5, 0.6) is 0 Å². The number of benzene rings is 2. The summed E-state index contributed by atoms with van der Waals surface area (Å²) in [4.78, 5) is 20.1. The molecule has 28 heavy (non-hydrogen) atoms. The van der Waals surface area contributed by atoms with Crippen molar-refractivity contribution in [1.29, 1.82) is 0 Å². The second-order valence-electron chi connectivity index (χ2n) is 6.91. The third kappa shape index (κ3) is 4.02. The lowest BCUT2D eigenvalue weighted by Crippen LogP contribution is -2.24. The zero-order chi connectivity index (χ0) is 19.7. The summed E-state index contributed by atoms with van der Waals surface area (Å²) in [5.74, 6) is -0.802. The van der Waals surface area contributed by atoms with Gasteiger partial charge in [0.15, 0.2) is 0 Å². The highest BCUT2D eigenvalue weighted by Gasteiger charge is 2.33. The van der Waals surface area contributed by atoms with Crippen LogP contribution in [0.1, 0.15) is 21.7 Å². The van der Waals surface area contributed by atoms with Crippen LogP contribution in [-0.2, 0) is 17.9 Å². The maximum absolute atomic E-state index is 14.3. The molecule has 0 spiro atoms. The summed E-state index contributed by atoms with van der Waals surface area (Å²) >= 11 is 0. The number of alkyl halides is 1. The number of halogens is 2. The quantitative estimate of drug-likeness (QED) is 0.679. The number of nitrogens with zero attached hydrogens (tertiary/aromatic N) is 2. The molecule has 2 N–H and O–H groups in total. The number of aromatic carboxylic acids is 1. The molecule has 1 aliphatic heterocycles. The predicted molar refractivity (Wildman–Crippen MR) is 98.2 cm³/mol.